The summed E-state index contributed by atoms with van der Waals surface area (Å²) in [5.41, 5.74) is 2.78. The summed E-state index contributed by atoms with van der Waals surface area (Å²) in [4.78, 5) is 15.8. The molecule has 2 heterocycles. The minimum Gasteiger partial charge on any atom is -0.494 e. The van der Waals surface area contributed by atoms with E-state index < -0.39 is 5.97 Å². The van der Waals surface area contributed by atoms with Gasteiger partial charge in [0.2, 0.25) is 0 Å². The predicted molar refractivity (Wildman–Crippen MR) is 121 cm³/mol. The summed E-state index contributed by atoms with van der Waals surface area (Å²) in [5, 5.41) is 9.05. The van der Waals surface area contributed by atoms with Gasteiger partial charge in [0.25, 0.3) is 0 Å². The second-order valence-corrected chi connectivity index (χ2v) is 8.46. The molecule has 0 aliphatic carbocycles. The Morgan fingerprint density at radius 1 is 1.03 bits per heavy atom. The molecule has 2 aliphatic rings. The number of nitrogens with zero attached hydrogens (tertiary/aromatic N) is 2. The number of carboxylic acids is 1. The fourth-order valence-electron chi connectivity index (χ4n) is 4.41. The van der Waals surface area contributed by atoms with Crippen molar-refractivity contribution in [2.24, 2.45) is 5.92 Å². The van der Waals surface area contributed by atoms with Gasteiger partial charge in [-0.3, -0.25) is 4.90 Å². The Morgan fingerprint density at radius 3 is 2.48 bits per heavy atom. The van der Waals surface area contributed by atoms with E-state index in [0.29, 0.717) is 11.5 Å². The first kappa shape index (κ1) is 21.7. The lowest BCUT2D eigenvalue weighted by molar-refractivity contribution is 0.0358. The van der Waals surface area contributed by atoms with Crippen molar-refractivity contribution in [3.05, 3.63) is 59.7 Å². The van der Waals surface area contributed by atoms with Gasteiger partial charge in [-0.15, -0.1) is 0 Å². The number of ether oxygens (including phenoxy) is 2. The van der Waals surface area contributed by atoms with E-state index in [1.54, 1.807) is 12.1 Å². The zero-order valence-corrected chi connectivity index (χ0v) is 18.0. The van der Waals surface area contributed by atoms with E-state index in [1.807, 2.05) is 12.1 Å². The van der Waals surface area contributed by atoms with E-state index in [0.717, 1.165) is 83.2 Å². The number of hydrogen-bond donors (Lipinski definition) is 1. The number of rotatable bonds is 9. The van der Waals surface area contributed by atoms with Crippen molar-refractivity contribution in [2.75, 3.05) is 57.4 Å². The van der Waals surface area contributed by atoms with Crippen LogP contribution in [0.2, 0.25) is 0 Å². The van der Waals surface area contributed by atoms with Crippen LogP contribution in [0.15, 0.2) is 48.5 Å². The maximum absolute atomic E-state index is 11.0. The molecule has 0 amide bonds. The number of morpholine rings is 1. The van der Waals surface area contributed by atoms with Crippen LogP contribution < -0.4 is 9.64 Å². The summed E-state index contributed by atoms with van der Waals surface area (Å²) in [6.07, 6.45) is 3.24. The third kappa shape index (κ3) is 6.21. The molecule has 0 saturated carbocycles. The predicted octanol–water partition coefficient (Wildman–Crippen LogP) is 3.55. The van der Waals surface area contributed by atoms with Gasteiger partial charge in [0.15, 0.2) is 0 Å². The van der Waals surface area contributed by atoms with Gasteiger partial charge in [0.05, 0.1) is 25.4 Å². The van der Waals surface area contributed by atoms with Gasteiger partial charge in [0, 0.05) is 38.4 Å². The third-order valence-corrected chi connectivity index (χ3v) is 6.20. The van der Waals surface area contributed by atoms with E-state index in [1.165, 1.54) is 5.56 Å². The van der Waals surface area contributed by atoms with Crippen molar-refractivity contribution in [1.82, 2.24) is 4.90 Å². The smallest absolute Gasteiger partial charge is 0.335 e. The van der Waals surface area contributed by atoms with Crippen molar-refractivity contribution in [2.45, 2.75) is 19.3 Å². The van der Waals surface area contributed by atoms with E-state index >= 15 is 0 Å². The summed E-state index contributed by atoms with van der Waals surface area (Å²) >= 11 is 0. The van der Waals surface area contributed by atoms with Crippen molar-refractivity contribution >= 4 is 11.7 Å². The Kier molecular flexibility index (Phi) is 7.43. The Bertz CT molecular complexity index is 832. The van der Waals surface area contributed by atoms with Crippen molar-refractivity contribution < 1.29 is 19.4 Å². The molecule has 0 spiro atoms. The monoisotopic (exact) mass is 424 g/mol. The Labute approximate surface area is 184 Å². The molecule has 2 aliphatic heterocycles. The minimum absolute atomic E-state index is 0.336. The first-order valence-corrected chi connectivity index (χ1v) is 11.3. The molecule has 6 heteroatoms. The Hall–Kier alpha value is -2.57. The highest BCUT2D eigenvalue weighted by Gasteiger charge is 2.23. The first-order chi connectivity index (χ1) is 15.2. The molecular weight excluding hydrogens is 392 g/mol. The van der Waals surface area contributed by atoms with Crippen LogP contribution in [0.4, 0.5) is 5.69 Å². The van der Waals surface area contributed by atoms with Crippen LogP contribution in [0.1, 0.15) is 28.8 Å². The molecule has 0 aromatic heterocycles. The summed E-state index contributed by atoms with van der Waals surface area (Å²) in [7, 11) is 0. The van der Waals surface area contributed by atoms with Gasteiger partial charge in [-0.2, -0.15) is 0 Å². The minimum atomic E-state index is -0.879. The second-order valence-electron chi connectivity index (χ2n) is 8.46. The van der Waals surface area contributed by atoms with Gasteiger partial charge in [-0.25, -0.2) is 4.79 Å². The average Bonchev–Trinajstić information content (AvgIpc) is 3.27. The van der Waals surface area contributed by atoms with Crippen LogP contribution in [-0.2, 0) is 11.2 Å². The van der Waals surface area contributed by atoms with Gasteiger partial charge in [0.1, 0.15) is 5.75 Å². The molecule has 1 atom stereocenters. The molecule has 0 radical (unpaired) electrons. The van der Waals surface area contributed by atoms with Gasteiger partial charge >= 0.3 is 5.97 Å². The molecule has 2 aromatic carbocycles. The topological polar surface area (TPSA) is 62.2 Å². The van der Waals surface area contributed by atoms with E-state index in [4.69, 9.17) is 14.6 Å². The molecule has 0 bridgehead atoms. The first-order valence-electron chi connectivity index (χ1n) is 11.3. The molecule has 2 saturated heterocycles. The molecule has 2 fully saturated rings. The van der Waals surface area contributed by atoms with Crippen LogP contribution in [0.5, 0.6) is 5.75 Å². The SMILES string of the molecule is O=C(O)c1ccc(N2CCC(Cc3ccc(OCCCN4CCOCC4)cc3)C2)cc1. The lowest BCUT2D eigenvalue weighted by Crippen LogP contribution is -2.37. The van der Waals surface area contributed by atoms with E-state index in [-0.39, 0.29) is 0 Å². The fraction of sp³-hybridized carbons (Fsp3) is 0.480. The summed E-state index contributed by atoms with van der Waals surface area (Å²) in [6.45, 7) is 7.58. The lowest BCUT2D eigenvalue weighted by atomic mass is 9.99. The highest BCUT2D eigenvalue weighted by atomic mass is 16.5. The van der Waals surface area contributed by atoms with Gasteiger partial charge in [-0.1, -0.05) is 12.1 Å². The number of aromatic carboxylic acids is 1. The van der Waals surface area contributed by atoms with E-state index in [9.17, 15) is 4.79 Å². The highest BCUT2D eigenvalue weighted by molar-refractivity contribution is 5.88. The van der Waals surface area contributed by atoms with Crippen LogP contribution in [-0.4, -0.2) is 68.5 Å². The van der Waals surface area contributed by atoms with Crippen LogP contribution in [0, 0.1) is 5.92 Å². The zero-order valence-electron chi connectivity index (χ0n) is 18.0. The molecule has 6 nitrogen and oxygen atoms in total. The molecule has 31 heavy (non-hydrogen) atoms. The number of hydrogen-bond acceptors (Lipinski definition) is 5. The van der Waals surface area contributed by atoms with Crippen molar-refractivity contribution in [1.29, 1.82) is 0 Å². The average molecular weight is 425 g/mol. The number of carbonyl (C=O) groups is 1. The zero-order chi connectivity index (χ0) is 21.5. The lowest BCUT2D eigenvalue weighted by Gasteiger charge is -2.26. The van der Waals surface area contributed by atoms with Gasteiger partial charge < -0.3 is 19.5 Å². The van der Waals surface area contributed by atoms with Crippen LogP contribution in [0.3, 0.4) is 0 Å². The van der Waals surface area contributed by atoms with Gasteiger partial charge in [-0.05, 0) is 67.1 Å². The summed E-state index contributed by atoms with van der Waals surface area (Å²) in [5.74, 6) is 0.673. The highest BCUT2D eigenvalue weighted by Crippen LogP contribution is 2.27. The van der Waals surface area contributed by atoms with Crippen molar-refractivity contribution in [3.63, 3.8) is 0 Å². The van der Waals surface area contributed by atoms with Crippen molar-refractivity contribution in [3.8, 4) is 5.75 Å². The Balaban J connectivity index is 1.19. The number of benzene rings is 2. The summed E-state index contributed by atoms with van der Waals surface area (Å²) < 4.78 is 11.3. The second kappa shape index (κ2) is 10.6. The largest absolute Gasteiger partial charge is 0.494 e. The molecule has 166 valence electrons. The number of carboxylic acid groups (broad SMARTS) is 1. The van der Waals surface area contributed by atoms with Crippen LogP contribution >= 0.6 is 0 Å². The Morgan fingerprint density at radius 2 is 1.77 bits per heavy atom. The summed E-state index contributed by atoms with van der Waals surface area (Å²) in [6, 6.07) is 15.7. The maximum Gasteiger partial charge on any atom is 0.335 e. The standard InChI is InChI=1S/C25H32N2O4/c28-25(29)22-4-6-23(7-5-22)27-12-10-21(19-27)18-20-2-8-24(9-3-20)31-15-1-11-26-13-16-30-17-14-26/h2-9,21H,1,10-19H2,(H,28,29). The molecule has 1 unspecified atom stereocenters. The molecular formula is C25H32N2O4. The van der Waals surface area contributed by atoms with E-state index in [2.05, 4.69) is 34.1 Å². The fourth-order valence-corrected chi connectivity index (χ4v) is 4.41. The molecule has 4 rings (SSSR count). The molecule has 1 N–H and O–H groups in total. The maximum atomic E-state index is 11.0. The van der Waals surface area contributed by atoms with Crippen LogP contribution in [0.25, 0.3) is 0 Å². The quantitative estimate of drug-likeness (QED) is 0.621. The molecule has 2 aromatic rings. The number of anilines is 1. The third-order valence-electron chi connectivity index (χ3n) is 6.20. The normalized spacial score (nSPS) is 19.5.